The van der Waals surface area contributed by atoms with E-state index < -0.39 is 11.8 Å². The topological polar surface area (TPSA) is 59.4 Å². The second kappa shape index (κ2) is 3.77. The maximum Gasteiger partial charge on any atom is 0.354 e. The van der Waals surface area contributed by atoms with E-state index in [1.807, 2.05) is 0 Å². The van der Waals surface area contributed by atoms with E-state index >= 15 is 0 Å². The first kappa shape index (κ1) is 10.4. The van der Waals surface area contributed by atoms with Gasteiger partial charge in [0, 0.05) is 11.5 Å². The summed E-state index contributed by atoms with van der Waals surface area (Å²) in [7, 11) is 1.43. The number of rotatable bonds is 2. The molecule has 1 aromatic heterocycles. The minimum absolute atomic E-state index is 0.0284. The van der Waals surface area contributed by atoms with Gasteiger partial charge < -0.3 is 9.84 Å². The molecule has 0 saturated heterocycles. The first-order valence-corrected chi connectivity index (χ1v) is 4.49. The lowest BCUT2D eigenvalue weighted by molar-refractivity contribution is 0.0691. The molecular weight excluding hydrogens is 213 g/mol. The van der Waals surface area contributed by atoms with Gasteiger partial charge in [0.15, 0.2) is 5.82 Å². The second-order valence-corrected chi connectivity index (χ2v) is 3.18. The number of hydrogen-bond donors (Lipinski definition) is 1. The number of hydrogen-bond acceptors (Lipinski definition) is 3. The van der Waals surface area contributed by atoms with Crippen LogP contribution in [0, 0.1) is 5.82 Å². The summed E-state index contributed by atoms with van der Waals surface area (Å²) in [6.07, 6.45) is 0. The first-order chi connectivity index (χ1) is 7.61. The number of fused-ring (bicyclic) bond motifs is 1. The number of ether oxygens (including phenoxy) is 1. The van der Waals surface area contributed by atoms with E-state index in [1.165, 1.54) is 25.3 Å². The molecule has 0 saturated carbocycles. The Morgan fingerprint density at radius 2 is 2.19 bits per heavy atom. The Kier molecular flexibility index (Phi) is 2.44. The smallest absolute Gasteiger partial charge is 0.354 e. The molecule has 16 heavy (non-hydrogen) atoms. The highest BCUT2D eigenvalue weighted by Gasteiger charge is 2.10. The number of carbonyl (C=O) groups is 1. The van der Waals surface area contributed by atoms with Gasteiger partial charge in [-0.1, -0.05) is 6.07 Å². The van der Waals surface area contributed by atoms with Gasteiger partial charge in [-0.05, 0) is 12.1 Å². The van der Waals surface area contributed by atoms with E-state index in [0.29, 0.717) is 11.1 Å². The molecule has 0 aliphatic heterocycles. The molecule has 1 aromatic carbocycles. The molecule has 0 amide bonds. The SMILES string of the molecule is COc1cc(F)c2nc(C(=O)O)ccc2c1. The molecule has 0 fully saturated rings. The molecule has 0 spiro atoms. The van der Waals surface area contributed by atoms with Crippen LogP contribution in [0.5, 0.6) is 5.75 Å². The first-order valence-electron chi connectivity index (χ1n) is 4.49. The molecule has 2 aromatic rings. The van der Waals surface area contributed by atoms with Crippen molar-refractivity contribution in [3.63, 3.8) is 0 Å². The Morgan fingerprint density at radius 3 is 2.81 bits per heavy atom. The van der Waals surface area contributed by atoms with Gasteiger partial charge in [-0.3, -0.25) is 0 Å². The van der Waals surface area contributed by atoms with Crippen LogP contribution < -0.4 is 4.74 Å². The second-order valence-electron chi connectivity index (χ2n) is 3.18. The molecule has 0 radical (unpaired) electrons. The van der Waals surface area contributed by atoms with Crippen molar-refractivity contribution in [1.82, 2.24) is 4.98 Å². The normalized spacial score (nSPS) is 10.4. The van der Waals surface area contributed by atoms with Crippen molar-refractivity contribution in [2.75, 3.05) is 7.11 Å². The molecule has 1 N–H and O–H groups in total. The third-order valence-electron chi connectivity index (χ3n) is 2.17. The van der Waals surface area contributed by atoms with Gasteiger partial charge in [0.2, 0.25) is 0 Å². The maximum atomic E-state index is 13.5. The number of pyridine rings is 1. The summed E-state index contributed by atoms with van der Waals surface area (Å²) >= 11 is 0. The Bertz CT molecular complexity index is 568. The zero-order chi connectivity index (χ0) is 11.7. The molecule has 0 unspecified atom stereocenters. The van der Waals surface area contributed by atoms with Crippen molar-refractivity contribution >= 4 is 16.9 Å². The lowest BCUT2D eigenvalue weighted by Gasteiger charge is -2.04. The molecule has 4 nitrogen and oxygen atoms in total. The highest BCUT2D eigenvalue weighted by atomic mass is 19.1. The summed E-state index contributed by atoms with van der Waals surface area (Å²) in [4.78, 5) is 14.4. The lowest BCUT2D eigenvalue weighted by atomic mass is 10.2. The van der Waals surface area contributed by atoms with E-state index in [0.717, 1.165) is 0 Å². The summed E-state index contributed by atoms with van der Waals surface area (Å²) in [5.74, 6) is -1.41. The maximum absolute atomic E-state index is 13.5. The molecule has 0 atom stereocenters. The van der Waals surface area contributed by atoms with Crippen LogP contribution in [0.25, 0.3) is 10.9 Å². The predicted octanol–water partition coefficient (Wildman–Crippen LogP) is 2.08. The lowest BCUT2D eigenvalue weighted by Crippen LogP contribution is -2.00. The van der Waals surface area contributed by atoms with Gasteiger partial charge in [-0.25, -0.2) is 14.2 Å². The summed E-state index contributed by atoms with van der Waals surface area (Å²) in [6, 6.07) is 5.58. The third-order valence-corrected chi connectivity index (χ3v) is 2.17. The van der Waals surface area contributed by atoms with Crippen molar-refractivity contribution in [2.45, 2.75) is 0 Å². The average molecular weight is 221 g/mol. The van der Waals surface area contributed by atoms with Crippen LogP contribution in [0.15, 0.2) is 24.3 Å². The monoisotopic (exact) mass is 221 g/mol. The highest BCUT2D eigenvalue weighted by molar-refractivity contribution is 5.90. The molecule has 0 aliphatic carbocycles. The zero-order valence-corrected chi connectivity index (χ0v) is 8.40. The van der Waals surface area contributed by atoms with Crippen LogP contribution in [-0.4, -0.2) is 23.2 Å². The van der Waals surface area contributed by atoms with Crippen LogP contribution in [-0.2, 0) is 0 Å². The Labute approximate surface area is 90.3 Å². The molecular formula is C11H8FNO3. The molecule has 0 bridgehead atoms. The van der Waals surface area contributed by atoms with Crippen molar-refractivity contribution in [3.8, 4) is 5.75 Å². The number of aromatic carboxylic acids is 1. The number of halogens is 1. The third kappa shape index (κ3) is 1.67. The average Bonchev–Trinajstić information content (AvgIpc) is 2.28. The van der Waals surface area contributed by atoms with Crippen molar-refractivity contribution in [3.05, 3.63) is 35.8 Å². The molecule has 0 aliphatic rings. The highest BCUT2D eigenvalue weighted by Crippen LogP contribution is 2.23. The Balaban J connectivity index is 2.70. The minimum Gasteiger partial charge on any atom is -0.497 e. The van der Waals surface area contributed by atoms with Crippen molar-refractivity contribution in [1.29, 1.82) is 0 Å². The van der Waals surface area contributed by atoms with Crippen LogP contribution >= 0.6 is 0 Å². The quantitative estimate of drug-likeness (QED) is 0.843. The summed E-state index contributed by atoms with van der Waals surface area (Å²) in [5, 5.41) is 9.23. The van der Waals surface area contributed by atoms with Gasteiger partial charge in [0.1, 0.15) is 17.0 Å². The summed E-state index contributed by atoms with van der Waals surface area (Å²) < 4.78 is 18.4. The van der Waals surface area contributed by atoms with E-state index in [-0.39, 0.29) is 11.2 Å². The number of methoxy groups -OCH3 is 1. The van der Waals surface area contributed by atoms with E-state index in [9.17, 15) is 9.18 Å². The standard InChI is InChI=1S/C11H8FNO3/c1-16-7-4-6-2-3-9(11(14)15)13-10(6)8(12)5-7/h2-5H,1H3,(H,14,15). The minimum atomic E-state index is -1.18. The van der Waals surface area contributed by atoms with E-state index in [2.05, 4.69) is 4.98 Å². The number of carboxylic acid groups (broad SMARTS) is 1. The summed E-state index contributed by atoms with van der Waals surface area (Å²) in [5.41, 5.74) is -0.155. The number of benzene rings is 1. The molecule has 82 valence electrons. The van der Waals surface area contributed by atoms with Crippen LogP contribution in [0.3, 0.4) is 0 Å². The van der Waals surface area contributed by atoms with Gasteiger partial charge >= 0.3 is 5.97 Å². The van der Waals surface area contributed by atoms with Crippen molar-refractivity contribution in [2.24, 2.45) is 0 Å². The zero-order valence-electron chi connectivity index (χ0n) is 8.40. The fraction of sp³-hybridized carbons (Fsp3) is 0.0909. The Hall–Kier alpha value is -2.17. The molecule has 2 rings (SSSR count). The van der Waals surface area contributed by atoms with Crippen LogP contribution in [0.2, 0.25) is 0 Å². The van der Waals surface area contributed by atoms with E-state index in [1.54, 1.807) is 6.07 Å². The molecule has 5 heteroatoms. The van der Waals surface area contributed by atoms with Crippen LogP contribution in [0.4, 0.5) is 4.39 Å². The Morgan fingerprint density at radius 1 is 1.44 bits per heavy atom. The van der Waals surface area contributed by atoms with Crippen molar-refractivity contribution < 1.29 is 19.0 Å². The van der Waals surface area contributed by atoms with Crippen LogP contribution in [0.1, 0.15) is 10.5 Å². The van der Waals surface area contributed by atoms with Gasteiger partial charge in [-0.15, -0.1) is 0 Å². The van der Waals surface area contributed by atoms with Gasteiger partial charge in [0.05, 0.1) is 7.11 Å². The summed E-state index contributed by atoms with van der Waals surface area (Å²) in [6.45, 7) is 0. The number of nitrogens with zero attached hydrogens (tertiary/aromatic N) is 1. The molecule has 1 heterocycles. The van der Waals surface area contributed by atoms with Gasteiger partial charge in [0.25, 0.3) is 0 Å². The predicted molar refractivity (Wildman–Crippen MR) is 55.2 cm³/mol. The number of carboxylic acids is 1. The van der Waals surface area contributed by atoms with E-state index in [4.69, 9.17) is 9.84 Å². The largest absolute Gasteiger partial charge is 0.497 e. The fourth-order valence-corrected chi connectivity index (χ4v) is 1.40. The number of aromatic nitrogens is 1. The van der Waals surface area contributed by atoms with Gasteiger partial charge in [-0.2, -0.15) is 0 Å². The fourth-order valence-electron chi connectivity index (χ4n) is 1.40.